The molecule has 0 unspecified atom stereocenters. The summed E-state index contributed by atoms with van der Waals surface area (Å²) in [6.07, 6.45) is 1.55. The Labute approximate surface area is 186 Å². The van der Waals surface area contributed by atoms with Gasteiger partial charge in [0.1, 0.15) is 17.3 Å². The zero-order valence-electron chi connectivity index (χ0n) is 18.8. The number of nitrogens with zero attached hydrogens (tertiary/aromatic N) is 3. The number of carbonyl (C=O) groups is 1. The molecule has 5 rings (SSSR count). The summed E-state index contributed by atoms with van der Waals surface area (Å²) in [5, 5.41) is 10.7. The van der Waals surface area contributed by atoms with Crippen molar-refractivity contribution in [2.45, 2.75) is 32.7 Å². The summed E-state index contributed by atoms with van der Waals surface area (Å²) in [6.45, 7) is 4.19. The molecule has 0 aliphatic heterocycles. The average molecular weight is 430 g/mol. The van der Waals surface area contributed by atoms with Gasteiger partial charge in [-0.2, -0.15) is 5.10 Å². The fourth-order valence-corrected chi connectivity index (χ4v) is 4.69. The Balaban J connectivity index is 1.48. The number of benzene rings is 2. The fraction of sp³-hybridized carbons (Fsp3) is 0.320. The lowest BCUT2D eigenvalue weighted by atomic mass is 9.88. The second-order valence-corrected chi connectivity index (χ2v) is 8.63. The number of aromatic amines is 1. The van der Waals surface area contributed by atoms with E-state index in [2.05, 4.69) is 33.9 Å². The highest BCUT2D eigenvalue weighted by Crippen LogP contribution is 2.38. The molecule has 0 spiro atoms. The molecule has 164 valence electrons. The minimum atomic E-state index is -0.227. The number of carbonyl (C=O) groups excluding carboxylic acids is 1. The maximum atomic E-state index is 13.4. The van der Waals surface area contributed by atoms with Crippen LogP contribution in [0.15, 0.2) is 42.5 Å². The summed E-state index contributed by atoms with van der Waals surface area (Å²) in [5.74, 6) is 1.72. The van der Waals surface area contributed by atoms with E-state index in [9.17, 15) is 4.79 Å². The standard InChI is InChI=1S/C25H27N5O2/c1-14(2)21(24-26-18-9-5-6-10-19(18)30(24)3)27-25(31)23-17-13-12-15-16(22(17)28-29-23)8-7-11-20(15)32-4/h5-11,14,21H,12-13H2,1-4H3,(H,27,31)(H,28,29)/t21-/m1/s1. The van der Waals surface area contributed by atoms with Gasteiger partial charge in [0.25, 0.3) is 5.91 Å². The van der Waals surface area contributed by atoms with Crippen LogP contribution in [0.4, 0.5) is 0 Å². The molecule has 2 heterocycles. The van der Waals surface area contributed by atoms with Gasteiger partial charge in [0.15, 0.2) is 0 Å². The van der Waals surface area contributed by atoms with Gasteiger partial charge in [-0.3, -0.25) is 9.89 Å². The van der Waals surface area contributed by atoms with E-state index in [4.69, 9.17) is 9.72 Å². The van der Waals surface area contributed by atoms with Crippen LogP contribution in [-0.4, -0.2) is 32.8 Å². The third-order valence-electron chi connectivity index (χ3n) is 6.38. The first-order chi connectivity index (χ1) is 15.5. The van der Waals surface area contributed by atoms with Crippen LogP contribution < -0.4 is 10.1 Å². The number of hydrogen-bond donors (Lipinski definition) is 2. The molecule has 1 aliphatic rings. The second kappa shape index (κ2) is 7.82. The molecule has 0 saturated heterocycles. The van der Waals surface area contributed by atoms with Crippen molar-refractivity contribution >= 4 is 16.9 Å². The van der Waals surface area contributed by atoms with Crippen LogP contribution >= 0.6 is 0 Å². The molecule has 2 N–H and O–H groups in total. The molecule has 32 heavy (non-hydrogen) atoms. The van der Waals surface area contributed by atoms with E-state index in [0.29, 0.717) is 5.69 Å². The first-order valence-corrected chi connectivity index (χ1v) is 10.9. The number of nitrogens with one attached hydrogen (secondary N) is 2. The van der Waals surface area contributed by atoms with E-state index in [0.717, 1.165) is 57.8 Å². The highest BCUT2D eigenvalue weighted by molar-refractivity contribution is 5.96. The van der Waals surface area contributed by atoms with Crippen molar-refractivity contribution in [3.05, 3.63) is 65.1 Å². The van der Waals surface area contributed by atoms with Crippen molar-refractivity contribution in [2.75, 3.05) is 7.11 Å². The molecule has 4 aromatic rings. The molecule has 1 atom stereocenters. The highest BCUT2D eigenvalue weighted by atomic mass is 16.5. The predicted octanol–water partition coefficient (Wildman–Crippen LogP) is 4.20. The van der Waals surface area contributed by atoms with Crippen molar-refractivity contribution in [1.29, 1.82) is 0 Å². The van der Waals surface area contributed by atoms with Crippen molar-refractivity contribution in [2.24, 2.45) is 13.0 Å². The third-order valence-corrected chi connectivity index (χ3v) is 6.38. The first-order valence-electron chi connectivity index (χ1n) is 10.9. The van der Waals surface area contributed by atoms with Gasteiger partial charge in [-0.25, -0.2) is 4.98 Å². The van der Waals surface area contributed by atoms with Crippen LogP contribution in [0.1, 0.15) is 47.3 Å². The number of fused-ring (bicyclic) bond motifs is 4. The van der Waals surface area contributed by atoms with Crippen molar-refractivity contribution < 1.29 is 9.53 Å². The number of H-pyrrole nitrogens is 1. The Morgan fingerprint density at radius 3 is 2.66 bits per heavy atom. The van der Waals surface area contributed by atoms with E-state index >= 15 is 0 Å². The zero-order chi connectivity index (χ0) is 22.4. The summed E-state index contributed by atoms with van der Waals surface area (Å²) in [6, 6.07) is 13.8. The zero-order valence-corrected chi connectivity index (χ0v) is 18.8. The molecule has 7 heteroatoms. The number of imidazole rings is 1. The largest absolute Gasteiger partial charge is 0.496 e. The molecule has 1 amide bonds. The number of para-hydroxylation sites is 2. The van der Waals surface area contributed by atoms with E-state index in [-0.39, 0.29) is 17.9 Å². The molecular formula is C25H27N5O2. The summed E-state index contributed by atoms with van der Waals surface area (Å²) in [4.78, 5) is 18.2. The second-order valence-electron chi connectivity index (χ2n) is 8.63. The quantitative estimate of drug-likeness (QED) is 0.498. The molecule has 2 aromatic carbocycles. The molecule has 0 fully saturated rings. The normalized spacial score (nSPS) is 13.7. The smallest absolute Gasteiger partial charge is 0.270 e. The van der Waals surface area contributed by atoms with Crippen molar-refractivity contribution in [3.8, 4) is 17.0 Å². The molecule has 0 radical (unpaired) electrons. The molecule has 7 nitrogen and oxygen atoms in total. The Hall–Kier alpha value is -3.61. The van der Waals surface area contributed by atoms with Crippen molar-refractivity contribution in [3.63, 3.8) is 0 Å². The van der Waals surface area contributed by atoms with E-state index in [1.165, 1.54) is 0 Å². The molecular weight excluding hydrogens is 402 g/mol. The lowest BCUT2D eigenvalue weighted by Crippen LogP contribution is -2.34. The van der Waals surface area contributed by atoms with Crippen LogP contribution in [0.2, 0.25) is 0 Å². The fourth-order valence-electron chi connectivity index (χ4n) is 4.69. The third kappa shape index (κ3) is 3.16. The van der Waals surface area contributed by atoms with Crippen molar-refractivity contribution in [1.82, 2.24) is 25.1 Å². The summed E-state index contributed by atoms with van der Waals surface area (Å²) < 4.78 is 7.58. The van der Waals surface area contributed by atoms with Crippen LogP contribution in [0, 0.1) is 5.92 Å². The number of hydrogen-bond acceptors (Lipinski definition) is 4. The van der Waals surface area contributed by atoms with Crippen LogP contribution in [0.5, 0.6) is 5.75 Å². The minimum absolute atomic E-state index is 0.157. The van der Waals surface area contributed by atoms with Crippen LogP contribution in [0.25, 0.3) is 22.3 Å². The van der Waals surface area contributed by atoms with Gasteiger partial charge in [-0.1, -0.05) is 38.1 Å². The topological polar surface area (TPSA) is 84.8 Å². The van der Waals surface area contributed by atoms with Crippen LogP contribution in [0.3, 0.4) is 0 Å². The number of aromatic nitrogens is 4. The number of methoxy groups -OCH3 is 1. The minimum Gasteiger partial charge on any atom is -0.496 e. The number of aryl methyl sites for hydroxylation is 1. The predicted molar refractivity (Wildman–Crippen MR) is 124 cm³/mol. The summed E-state index contributed by atoms with van der Waals surface area (Å²) in [7, 11) is 3.68. The number of ether oxygens (including phenoxy) is 1. The maximum absolute atomic E-state index is 13.4. The number of amides is 1. The van der Waals surface area contributed by atoms with Gasteiger partial charge < -0.3 is 14.6 Å². The highest BCUT2D eigenvalue weighted by Gasteiger charge is 2.30. The first kappa shape index (κ1) is 20.3. The Morgan fingerprint density at radius 1 is 1.12 bits per heavy atom. The Kier molecular flexibility index (Phi) is 4.96. The van der Waals surface area contributed by atoms with Gasteiger partial charge >= 0.3 is 0 Å². The molecule has 0 bridgehead atoms. The monoisotopic (exact) mass is 429 g/mol. The van der Waals surface area contributed by atoms with Gasteiger partial charge in [-0.15, -0.1) is 0 Å². The SMILES string of the molecule is COc1cccc2c1CCc1c-2n[nH]c1C(=O)N[C@@H](c1nc2ccccc2n1C)C(C)C. The number of rotatable bonds is 5. The molecule has 2 aromatic heterocycles. The van der Waals surface area contributed by atoms with E-state index in [1.54, 1.807) is 7.11 Å². The lowest BCUT2D eigenvalue weighted by molar-refractivity contribution is 0.0916. The summed E-state index contributed by atoms with van der Waals surface area (Å²) in [5.41, 5.74) is 6.45. The lowest BCUT2D eigenvalue weighted by Gasteiger charge is -2.23. The van der Waals surface area contributed by atoms with E-state index in [1.807, 2.05) is 49.5 Å². The molecule has 1 aliphatic carbocycles. The van der Waals surface area contributed by atoms with Crippen LogP contribution in [-0.2, 0) is 19.9 Å². The van der Waals surface area contributed by atoms with E-state index < -0.39 is 0 Å². The molecule has 0 saturated carbocycles. The summed E-state index contributed by atoms with van der Waals surface area (Å²) >= 11 is 0. The maximum Gasteiger partial charge on any atom is 0.270 e. The Bertz CT molecular complexity index is 1320. The van der Waals surface area contributed by atoms with Gasteiger partial charge in [0, 0.05) is 23.7 Å². The van der Waals surface area contributed by atoms with Gasteiger partial charge in [0.2, 0.25) is 0 Å². The van der Waals surface area contributed by atoms with Gasteiger partial charge in [0.05, 0.1) is 29.9 Å². The Morgan fingerprint density at radius 2 is 1.91 bits per heavy atom. The average Bonchev–Trinajstić information content (AvgIpc) is 3.38. The van der Waals surface area contributed by atoms with Gasteiger partial charge in [-0.05, 0) is 37.0 Å².